The van der Waals surface area contributed by atoms with Crippen LogP contribution in [-0.2, 0) is 25.3 Å². The third-order valence-corrected chi connectivity index (χ3v) is 8.24. The van der Waals surface area contributed by atoms with E-state index in [4.69, 9.17) is 13.9 Å². The first-order valence-corrected chi connectivity index (χ1v) is 12.3. The summed E-state index contributed by atoms with van der Waals surface area (Å²) in [6.07, 6.45) is 0.759. The van der Waals surface area contributed by atoms with Crippen molar-refractivity contribution in [1.82, 2.24) is 0 Å². The Morgan fingerprint density at radius 1 is 1.28 bits per heavy atom. The van der Waals surface area contributed by atoms with Gasteiger partial charge >= 0.3 is 5.97 Å². The van der Waals surface area contributed by atoms with Crippen LogP contribution in [-0.4, -0.2) is 33.6 Å². The van der Waals surface area contributed by atoms with Crippen LogP contribution in [0.1, 0.15) is 25.8 Å². The molecule has 25 heavy (non-hydrogen) atoms. The second-order valence-electron chi connectivity index (χ2n) is 8.66. The number of carbonyl (C=O) groups is 1. The lowest BCUT2D eigenvalue weighted by molar-refractivity contribution is -0.245. The molecule has 0 N–H and O–H groups in total. The Morgan fingerprint density at radius 2 is 1.96 bits per heavy atom. The van der Waals surface area contributed by atoms with E-state index in [9.17, 15) is 4.79 Å². The van der Waals surface area contributed by atoms with Gasteiger partial charge in [-0.2, -0.15) is 0 Å². The molecule has 138 valence electrons. The van der Waals surface area contributed by atoms with Gasteiger partial charge in [-0.3, -0.25) is 4.79 Å². The summed E-state index contributed by atoms with van der Waals surface area (Å²) < 4.78 is 17.8. The summed E-state index contributed by atoms with van der Waals surface area (Å²) in [6.45, 7) is 9.57. The fourth-order valence-electron chi connectivity index (χ4n) is 4.67. The molecule has 0 bridgehead atoms. The van der Waals surface area contributed by atoms with Crippen molar-refractivity contribution in [3.63, 3.8) is 0 Å². The van der Waals surface area contributed by atoms with Crippen LogP contribution in [0, 0.1) is 17.3 Å². The van der Waals surface area contributed by atoms with Crippen molar-refractivity contribution in [2.45, 2.75) is 58.2 Å². The van der Waals surface area contributed by atoms with Crippen molar-refractivity contribution >= 4 is 14.3 Å². The van der Waals surface area contributed by atoms with E-state index < -0.39 is 8.32 Å². The zero-order valence-corrected chi connectivity index (χ0v) is 17.0. The zero-order chi connectivity index (χ0) is 18.2. The van der Waals surface area contributed by atoms with Gasteiger partial charge in [0.25, 0.3) is 0 Å². The molecule has 2 fully saturated rings. The van der Waals surface area contributed by atoms with Gasteiger partial charge in [-0.1, -0.05) is 44.2 Å². The first-order chi connectivity index (χ1) is 11.7. The van der Waals surface area contributed by atoms with E-state index in [1.54, 1.807) is 0 Å². The highest BCUT2D eigenvalue weighted by Crippen LogP contribution is 2.58. The molecule has 0 unspecified atom stereocenters. The van der Waals surface area contributed by atoms with Gasteiger partial charge in [0.1, 0.15) is 0 Å². The molecule has 1 saturated carbocycles. The van der Waals surface area contributed by atoms with Crippen molar-refractivity contribution in [3.8, 4) is 0 Å². The van der Waals surface area contributed by atoms with E-state index in [0.717, 1.165) is 6.04 Å². The van der Waals surface area contributed by atoms with Gasteiger partial charge in [0, 0.05) is 17.8 Å². The van der Waals surface area contributed by atoms with Crippen LogP contribution in [0.5, 0.6) is 0 Å². The van der Waals surface area contributed by atoms with Crippen molar-refractivity contribution in [2.75, 3.05) is 7.11 Å². The van der Waals surface area contributed by atoms with Crippen molar-refractivity contribution in [1.29, 1.82) is 0 Å². The fraction of sp³-hybridized carbons (Fsp3) is 0.650. The lowest BCUT2D eigenvalue weighted by atomic mass is 9.54. The average Bonchev–Trinajstić information content (AvgIpc) is 2.56. The van der Waals surface area contributed by atoms with Crippen LogP contribution in [0.25, 0.3) is 0 Å². The molecule has 1 aliphatic heterocycles. The average molecular weight is 363 g/mol. The Hall–Kier alpha value is -1.17. The summed E-state index contributed by atoms with van der Waals surface area (Å²) in [4.78, 5) is 11.9. The largest absolute Gasteiger partial charge is 0.469 e. The number of ether oxygens (including phenoxy) is 2. The van der Waals surface area contributed by atoms with Crippen LogP contribution in [0.3, 0.4) is 0 Å². The van der Waals surface area contributed by atoms with Gasteiger partial charge in [0.2, 0.25) is 0 Å². The van der Waals surface area contributed by atoms with Crippen LogP contribution in [0.2, 0.25) is 19.1 Å². The van der Waals surface area contributed by atoms with Crippen molar-refractivity contribution in [2.24, 2.45) is 17.3 Å². The third kappa shape index (κ3) is 3.69. The second-order valence-corrected chi connectivity index (χ2v) is 12.8. The number of esters is 1. The predicted molar refractivity (Wildman–Crippen MR) is 99.6 cm³/mol. The lowest BCUT2D eigenvalue weighted by Crippen LogP contribution is -2.71. The Balaban J connectivity index is 1.75. The number of methoxy groups -OCH3 is 1. The number of rotatable bonds is 5. The summed E-state index contributed by atoms with van der Waals surface area (Å²) in [6, 6.07) is 11.2. The Bertz CT molecular complexity index is 613. The highest BCUT2D eigenvalue weighted by atomic mass is 28.4. The third-order valence-electron chi connectivity index (χ3n) is 5.84. The van der Waals surface area contributed by atoms with Gasteiger partial charge in [-0.25, -0.2) is 0 Å². The minimum atomic E-state index is -1.76. The number of hydrogen-bond acceptors (Lipinski definition) is 4. The van der Waals surface area contributed by atoms with Gasteiger partial charge in [0.05, 0.1) is 25.9 Å². The Labute approximate surface area is 152 Å². The van der Waals surface area contributed by atoms with Crippen LogP contribution in [0.4, 0.5) is 0 Å². The topological polar surface area (TPSA) is 44.8 Å². The van der Waals surface area contributed by atoms with Gasteiger partial charge in [-0.05, 0) is 30.6 Å². The summed E-state index contributed by atoms with van der Waals surface area (Å²) in [7, 11) is -0.287. The minimum absolute atomic E-state index is 0.0293. The predicted octanol–water partition coefficient (Wildman–Crippen LogP) is 4.01. The molecule has 0 aromatic heterocycles. The molecule has 0 spiro atoms. The SMILES string of the molecule is COC(=O)C[C@@H]1C[Si](C)(C)O[C@H]2[C@@H]1[C@H](OCc1ccccc1)C2(C)C. The normalized spacial score (nSPS) is 32.4. The first-order valence-electron chi connectivity index (χ1n) is 9.15. The molecule has 5 heteroatoms. The number of carbonyl (C=O) groups excluding carboxylic acids is 1. The second kappa shape index (κ2) is 6.86. The summed E-state index contributed by atoms with van der Waals surface area (Å²) in [5.41, 5.74) is 1.15. The number of fused-ring (bicyclic) bond motifs is 1. The molecule has 2 aliphatic rings. The molecule has 0 amide bonds. The molecule has 1 heterocycles. The lowest BCUT2D eigenvalue weighted by Gasteiger charge is -2.64. The summed E-state index contributed by atoms with van der Waals surface area (Å²) >= 11 is 0. The Kier molecular flexibility index (Phi) is 5.10. The maximum Gasteiger partial charge on any atom is 0.305 e. The molecule has 3 rings (SSSR count). The molecule has 1 aliphatic carbocycles. The minimum Gasteiger partial charge on any atom is -0.469 e. The standard InChI is InChI=1S/C20H30O4Si/c1-20(2)18(23-12-14-9-7-6-8-10-14)17-15(11-16(21)22-3)13-25(4,5)24-19(17)20/h6-10,15,17-19H,11-13H2,1-5H3/t15-,17+,18+,19+/m1/s1. The maximum absolute atomic E-state index is 11.9. The molecular weight excluding hydrogens is 332 g/mol. The smallest absolute Gasteiger partial charge is 0.305 e. The van der Waals surface area contributed by atoms with Gasteiger partial charge < -0.3 is 13.9 Å². The Morgan fingerprint density at radius 3 is 2.60 bits per heavy atom. The monoisotopic (exact) mass is 362 g/mol. The molecule has 0 radical (unpaired) electrons. The summed E-state index contributed by atoms with van der Waals surface area (Å²) in [5.74, 6) is 0.446. The van der Waals surface area contributed by atoms with Crippen molar-refractivity contribution in [3.05, 3.63) is 35.9 Å². The van der Waals surface area contributed by atoms with Crippen molar-refractivity contribution < 1.29 is 18.7 Å². The molecule has 4 atom stereocenters. The number of hydrogen-bond donors (Lipinski definition) is 0. The molecule has 1 aromatic carbocycles. The number of benzene rings is 1. The van der Waals surface area contributed by atoms with E-state index in [2.05, 4.69) is 39.1 Å². The van der Waals surface area contributed by atoms with E-state index in [0.29, 0.717) is 18.9 Å². The molecule has 1 aromatic rings. The van der Waals surface area contributed by atoms with Crippen LogP contribution < -0.4 is 0 Å². The van der Waals surface area contributed by atoms with E-state index >= 15 is 0 Å². The zero-order valence-electron chi connectivity index (χ0n) is 16.0. The van der Waals surface area contributed by atoms with E-state index in [-0.39, 0.29) is 29.5 Å². The highest BCUT2D eigenvalue weighted by molar-refractivity contribution is 6.71. The van der Waals surface area contributed by atoms with Crippen LogP contribution in [0.15, 0.2) is 30.3 Å². The highest BCUT2D eigenvalue weighted by Gasteiger charge is 2.64. The van der Waals surface area contributed by atoms with E-state index in [1.165, 1.54) is 12.7 Å². The van der Waals surface area contributed by atoms with E-state index in [1.807, 2.05) is 18.2 Å². The molecule has 1 saturated heterocycles. The van der Waals surface area contributed by atoms with Crippen LogP contribution >= 0.6 is 0 Å². The van der Waals surface area contributed by atoms with Gasteiger partial charge in [-0.15, -0.1) is 0 Å². The molecular formula is C20H30O4Si. The maximum atomic E-state index is 11.9. The quantitative estimate of drug-likeness (QED) is 0.586. The first kappa shape index (κ1) is 18.6. The molecule has 4 nitrogen and oxygen atoms in total. The summed E-state index contributed by atoms with van der Waals surface area (Å²) in [5, 5.41) is 0. The fourth-order valence-corrected chi connectivity index (χ4v) is 7.59. The van der Waals surface area contributed by atoms with Gasteiger partial charge in [0.15, 0.2) is 8.32 Å².